The van der Waals surface area contributed by atoms with Gasteiger partial charge in [0.05, 0.1) is 5.69 Å². The van der Waals surface area contributed by atoms with E-state index in [0.29, 0.717) is 25.0 Å². The number of likely N-dealkylation sites (tertiary alicyclic amines) is 1. The number of aliphatic hydroxyl groups is 1. The van der Waals surface area contributed by atoms with Gasteiger partial charge in [-0.3, -0.25) is 5.41 Å². The molecule has 1 aliphatic heterocycles. The van der Waals surface area contributed by atoms with Crippen LogP contribution in [0.5, 0.6) is 0 Å². The molecule has 7 heteroatoms. The molecular formula is C29H45N5O2. The topological polar surface area (TPSA) is 91.7 Å². The largest absolute Gasteiger partial charge is 0.376 e. The number of nitrogens with zero attached hydrogens (tertiary/aromatic N) is 2. The average Bonchev–Trinajstić information content (AvgIpc) is 3.36. The van der Waals surface area contributed by atoms with Crippen molar-refractivity contribution in [3.63, 3.8) is 0 Å². The molecule has 4 N–H and O–H groups in total. The predicted octanol–water partition coefficient (Wildman–Crippen LogP) is 6.00. The number of hydrogen-bond donors (Lipinski definition) is 4. The molecule has 0 saturated carbocycles. The number of benzene rings is 2. The highest BCUT2D eigenvalue weighted by atomic mass is 16.3. The number of urea groups is 1. The van der Waals surface area contributed by atoms with Gasteiger partial charge < -0.3 is 25.5 Å². The molecule has 0 aliphatic carbocycles. The van der Waals surface area contributed by atoms with Gasteiger partial charge in [-0.15, -0.1) is 0 Å². The highest BCUT2D eigenvalue weighted by Gasteiger charge is 2.29. The average molecular weight is 496 g/mol. The molecule has 1 heterocycles. The lowest BCUT2D eigenvalue weighted by Gasteiger charge is -2.35. The second kappa shape index (κ2) is 13.5. The smallest absolute Gasteiger partial charge is 0.321 e. The Labute approximate surface area is 216 Å². The van der Waals surface area contributed by atoms with Gasteiger partial charge in [-0.2, -0.15) is 0 Å². The molecule has 2 aromatic rings. The van der Waals surface area contributed by atoms with Gasteiger partial charge in [-0.25, -0.2) is 4.79 Å². The van der Waals surface area contributed by atoms with Gasteiger partial charge in [0.2, 0.25) is 0 Å². The number of rotatable bonds is 12. The lowest BCUT2D eigenvalue weighted by atomic mass is 9.89. The van der Waals surface area contributed by atoms with Crippen LogP contribution in [0, 0.1) is 11.3 Å². The van der Waals surface area contributed by atoms with Gasteiger partial charge in [0.15, 0.2) is 5.96 Å². The fourth-order valence-electron chi connectivity index (χ4n) is 5.12. The van der Waals surface area contributed by atoms with Gasteiger partial charge in [0.25, 0.3) is 0 Å². The van der Waals surface area contributed by atoms with E-state index < -0.39 is 0 Å². The van der Waals surface area contributed by atoms with Crippen molar-refractivity contribution in [1.82, 2.24) is 15.1 Å². The minimum atomic E-state index is -0.179. The summed E-state index contributed by atoms with van der Waals surface area (Å²) in [7, 11) is 0. The maximum absolute atomic E-state index is 13.0. The van der Waals surface area contributed by atoms with Gasteiger partial charge in [-0.05, 0) is 50.0 Å². The summed E-state index contributed by atoms with van der Waals surface area (Å²) in [5.74, 6) is 0.660. The summed E-state index contributed by atoms with van der Waals surface area (Å²) in [5.41, 5.74) is 0.710. The first-order chi connectivity index (χ1) is 17.4. The summed E-state index contributed by atoms with van der Waals surface area (Å²) in [6, 6.07) is 14.0. The molecule has 1 fully saturated rings. The van der Waals surface area contributed by atoms with E-state index in [9.17, 15) is 9.90 Å². The second-order valence-corrected chi connectivity index (χ2v) is 10.5. The van der Waals surface area contributed by atoms with Crippen LogP contribution in [0.15, 0.2) is 42.5 Å². The van der Waals surface area contributed by atoms with Crippen molar-refractivity contribution in [2.45, 2.75) is 77.7 Å². The van der Waals surface area contributed by atoms with Gasteiger partial charge in [0, 0.05) is 30.6 Å². The first-order valence-corrected chi connectivity index (χ1v) is 13.6. The number of nitrogens with one attached hydrogen (secondary N) is 3. The molecule has 1 aliphatic rings. The molecule has 198 valence electrons. The number of unbranched alkanes of at least 4 members (excludes halogenated alkanes) is 2. The van der Waals surface area contributed by atoms with Gasteiger partial charge >= 0.3 is 6.03 Å². The number of anilines is 1. The molecular weight excluding hydrogens is 450 g/mol. The Bertz CT molecular complexity index is 981. The zero-order chi connectivity index (χ0) is 26.0. The van der Waals surface area contributed by atoms with E-state index in [0.717, 1.165) is 74.4 Å². The minimum Gasteiger partial charge on any atom is -0.376 e. The maximum Gasteiger partial charge on any atom is 0.321 e. The van der Waals surface area contributed by atoms with Gasteiger partial charge in [0.1, 0.15) is 6.73 Å². The van der Waals surface area contributed by atoms with E-state index in [1.54, 1.807) is 4.90 Å². The van der Waals surface area contributed by atoms with E-state index in [1.165, 1.54) is 0 Å². The highest BCUT2D eigenvalue weighted by molar-refractivity contribution is 6.01. The molecule has 2 aromatic carbocycles. The van der Waals surface area contributed by atoms with Crippen molar-refractivity contribution in [3.8, 4) is 0 Å². The maximum atomic E-state index is 13.0. The Morgan fingerprint density at radius 3 is 2.53 bits per heavy atom. The van der Waals surface area contributed by atoms with Crippen molar-refractivity contribution in [1.29, 1.82) is 5.41 Å². The van der Waals surface area contributed by atoms with E-state index in [4.69, 9.17) is 5.41 Å². The van der Waals surface area contributed by atoms with Crippen molar-refractivity contribution in [3.05, 3.63) is 42.5 Å². The minimum absolute atomic E-state index is 0.0649. The van der Waals surface area contributed by atoms with E-state index in [1.807, 2.05) is 47.4 Å². The van der Waals surface area contributed by atoms with Crippen LogP contribution in [0.3, 0.4) is 0 Å². The van der Waals surface area contributed by atoms with Crippen molar-refractivity contribution in [2.75, 3.05) is 31.7 Å². The Morgan fingerprint density at radius 2 is 1.83 bits per heavy atom. The molecule has 3 rings (SSSR count). The first-order valence-electron chi connectivity index (χ1n) is 13.6. The summed E-state index contributed by atoms with van der Waals surface area (Å²) in [5, 5.41) is 27.3. The quantitative estimate of drug-likeness (QED) is 0.165. The van der Waals surface area contributed by atoms with Gasteiger partial charge in [-0.1, -0.05) is 75.9 Å². The first kappa shape index (κ1) is 27.8. The summed E-state index contributed by atoms with van der Waals surface area (Å²) < 4.78 is 0. The Balaban J connectivity index is 1.50. The van der Waals surface area contributed by atoms with Crippen LogP contribution >= 0.6 is 0 Å². The van der Waals surface area contributed by atoms with Crippen LogP contribution in [-0.4, -0.2) is 58.8 Å². The molecule has 0 radical (unpaired) electrons. The van der Waals surface area contributed by atoms with Crippen LogP contribution < -0.4 is 10.6 Å². The molecule has 0 bridgehead atoms. The molecule has 1 saturated heterocycles. The number of carbonyl (C=O) groups excluding carboxylic acids is 1. The Morgan fingerprint density at radius 1 is 1.14 bits per heavy atom. The lowest BCUT2D eigenvalue weighted by Crippen LogP contribution is -2.52. The normalized spacial score (nSPS) is 15.8. The van der Waals surface area contributed by atoms with E-state index in [-0.39, 0.29) is 18.3 Å². The third-order valence-electron chi connectivity index (χ3n) is 7.48. The predicted molar refractivity (Wildman–Crippen MR) is 149 cm³/mol. The van der Waals surface area contributed by atoms with Crippen LogP contribution in [0.2, 0.25) is 0 Å². The van der Waals surface area contributed by atoms with E-state index in [2.05, 4.69) is 31.4 Å². The molecule has 7 nitrogen and oxygen atoms in total. The zero-order valence-electron chi connectivity index (χ0n) is 22.4. The number of carbonyl (C=O) groups is 1. The Kier molecular flexibility index (Phi) is 10.4. The molecule has 2 amide bonds. The van der Waals surface area contributed by atoms with Crippen LogP contribution in [0.25, 0.3) is 10.8 Å². The highest BCUT2D eigenvalue weighted by Crippen LogP contribution is 2.26. The van der Waals surface area contributed by atoms with Crippen LogP contribution in [0.4, 0.5) is 10.5 Å². The summed E-state index contributed by atoms with van der Waals surface area (Å²) >= 11 is 0. The SMILES string of the molecule is CCCCC(C)(CCCC)NC(=N)N(CO)CCC1CCN(C(=O)Nc2cccc3ccccc23)C1. The second-order valence-electron chi connectivity index (χ2n) is 10.5. The zero-order valence-corrected chi connectivity index (χ0v) is 22.4. The fourth-order valence-corrected chi connectivity index (χ4v) is 5.12. The number of amides is 2. The molecule has 0 aromatic heterocycles. The third-order valence-corrected chi connectivity index (χ3v) is 7.48. The number of fused-ring (bicyclic) bond motifs is 1. The summed E-state index contributed by atoms with van der Waals surface area (Å²) in [6.07, 6.45) is 8.33. The lowest BCUT2D eigenvalue weighted by molar-refractivity contribution is 0.154. The summed E-state index contributed by atoms with van der Waals surface area (Å²) in [4.78, 5) is 16.6. The molecule has 1 unspecified atom stereocenters. The van der Waals surface area contributed by atoms with Crippen molar-refractivity contribution >= 4 is 28.5 Å². The number of guanidine groups is 1. The van der Waals surface area contributed by atoms with E-state index >= 15 is 0 Å². The monoisotopic (exact) mass is 495 g/mol. The fraction of sp³-hybridized carbons (Fsp3) is 0.586. The number of hydrogen-bond acceptors (Lipinski definition) is 3. The van der Waals surface area contributed by atoms with Crippen molar-refractivity contribution < 1.29 is 9.90 Å². The third kappa shape index (κ3) is 7.60. The molecule has 0 spiro atoms. The van der Waals surface area contributed by atoms with Crippen molar-refractivity contribution in [2.24, 2.45) is 5.92 Å². The van der Waals surface area contributed by atoms with Crippen LogP contribution in [0.1, 0.15) is 72.1 Å². The summed E-state index contributed by atoms with van der Waals surface area (Å²) in [6.45, 7) is 8.43. The standard InChI is InChI=1S/C29H45N5O2/c1-4-6-17-29(3,18-7-5-2)32-27(30)34(22-35)20-16-23-15-19-33(21-23)28(36)31-26-14-10-12-24-11-8-9-13-25(24)26/h8-14,23,35H,4-7,15-22H2,1-3H3,(H2,30,32)(H,31,36). The Hall–Kier alpha value is -2.80. The molecule has 1 atom stereocenters. The molecule has 36 heavy (non-hydrogen) atoms. The van der Waals surface area contributed by atoms with Crippen LogP contribution in [-0.2, 0) is 0 Å². The number of aliphatic hydroxyl groups excluding tert-OH is 1.